The molecule has 0 amide bonds. The van der Waals surface area contributed by atoms with E-state index in [-0.39, 0.29) is 10.8 Å². The third-order valence-electron chi connectivity index (χ3n) is 5.09. The Labute approximate surface area is 174 Å². The Morgan fingerprint density at radius 1 is 1.28 bits per heavy atom. The predicted molar refractivity (Wildman–Crippen MR) is 114 cm³/mol. The molecule has 1 fully saturated rings. The fourth-order valence-corrected chi connectivity index (χ4v) is 4.77. The van der Waals surface area contributed by atoms with Gasteiger partial charge < -0.3 is 14.8 Å². The first-order chi connectivity index (χ1) is 14.0. The van der Waals surface area contributed by atoms with Gasteiger partial charge in [-0.3, -0.25) is 0 Å². The number of aliphatic carboxylic acids is 1. The minimum absolute atomic E-state index is 0.0183. The average molecular weight is 415 g/mol. The molecule has 0 saturated carbocycles. The van der Waals surface area contributed by atoms with Gasteiger partial charge in [0.1, 0.15) is 5.82 Å². The first kappa shape index (κ1) is 21.2. The third kappa shape index (κ3) is 5.29. The van der Waals surface area contributed by atoms with Crippen LogP contribution >= 0.6 is 11.8 Å². The van der Waals surface area contributed by atoms with Crippen molar-refractivity contribution in [2.75, 3.05) is 5.75 Å². The van der Waals surface area contributed by atoms with Crippen LogP contribution in [0.1, 0.15) is 60.0 Å². The number of aromatic nitrogens is 2. The molecule has 0 bridgehead atoms. The quantitative estimate of drug-likeness (QED) is 0.593. The fraction of sp³-hybridized carbons (Fsp3) is 0.409. The van der Waals surface area contributed by atoms with Gasteiger partial charge in [-0.05, 0) is 48.8 Å². The van der Waals surface area contributed by atoms with Gasteiger partial charge in [-0.2, -0.15) is 11.8 Å². The van der Waals surface area contributed by atoms with Crippen molar-refractivity contribution in [1.82, 2.24) is 9.55 Å². The summed E-state index contributed by atoms with van der Waals surface area (Å²) in [5, 5.41) is 18.8. The van der Waals surface area contributed by atoms with Crippen LogP contribution in [0.15, 0.2) is 36.0 Å². The number of carboxylic acids is 2. The maximum Gasteiger partial charge on any atom is 0.335 e. The molecule has 2 heterocycles. The number of aryl methyl sites for hydroxylation is 1. The van der Waals surface area contributed by atoms with Gasteiger partial charge in [0.05, 0.1) is 23.0 Å². The summed E-state index contributed by atoms with van der Waals surface area (Å²) in [7, 11) is 0. The summed E-state index contributed by atoms with van der Waals surface area (Å²) in [4.78, 5) is 27.5. The molecule has 2 aromatic rings. The smallest absolute Gasteiger partial charge is 0.335 e. The Kier molecular flexibility index (Phi) is 7.14. The van der Waals surface area contributed by atoms with Crippen molar-refractivity contribution < 1.29 is 19.8 Å². The summed E-state index contributed by atoms with van der Waals surface area (Å²) in [5.41, 5.74) is 2.41. The van der Waals surface area contributed by atoms with Crippen molar-refractivity contribution in [3.05, 3.63) is 58.7 Å². The molecule has 1 unspecified atom stereocenters. The van der Waals surface area contributed by atoms with Crippen LogP contribution < -0.4 is 0 Å². The lowest BCUT2D eigenvalue weighted by molar-refractivity contribution is -0.132. The molecule has 1 aromatic carbocycles. The fourth-order valence-electron chi connectivity index (χ4n) is 3.47. The number of unbranched alkanes of at least 4 members (excludes halogenated alkanes) is 1. The van der Waals surface area contributed by atoms with E-state index in [1.54, 1.807) is 48.3 Å². The Balaban J connectivity index is 1.94. The van der Waals surface area contributed by atoms with Crippen LogP contribution in [-0.2, 0) is 17.8 Å². The molecule has 1 aromatic heterocycles. The van der Waals surface area contributed by atoms with Crippen molar-refractivity contribution in [2.45, 2.75) is 50.8 Å². The molecule has 7 heteroatoms. The van der Waals surface area contributed by atoms with E-state index in [4.69, 9.17) is 5.11 Å². The van der Waals surface area contributed by atoms with Gasteiger partial charge in [-0.25, -0.2) is 14.6 Å². The number of rotatable bonds is 9. The van der Waals surface area contributed by atoms with Crippen molar-refractivity contribution in [2.24, 2.45) is 0 Å². The molecule has 29 heavy (non-hydrogen) atoms. The maximum absolute atomic E-state index is 11.9. The summed E-state index contributed by atoms with van der Waals surface area (Å²) >= 11 is 1.70. The monoisotopic (exact) mass is 414 g/mol. The lowest BCUT2D eigenvalue weighted by atomic mass is 10.1. The van der Waals surface area contributed by atoms with Gasteiger partial charge in [0.2, 0.25) is 0 Å². The highest BCUT2D eigenvalue weighted by atomic mass is 32.2. The summed E-state index contributed by atoms with van der Waals surface area (Å²) in [6.07, 6.45) is 8.30. The molecular formula is C22H26N2O4S. The van der Waals surface area contributed by atoms with E-state index in [1.807, 2.05) is 4.57 Å². The minimum atomic E-state index is -0.952. The molecule has 1 aliphatic heterocycles. The number of carboxylic acid groups (broad SMARTS) is 2. The first-order valence-corrected chi connectivity index (χ1v) is 11.0. The number of carbonyl (C=O) groups is 2. The van der Waals surface area contributed by atoms with Crippen molar-refractivity contribution in [3.8, 4) is 0 Å². The zero-order chi connectivity index (χ0) is 20.8. The van der Waals surface area contributed by atoms with Crippen LogP contribution in [-0.4, -0.2) is 42.7 Å². The van der Waals surface area contributed by atoms with E-state index in [1.165, 1.54) is 0 Å². The first-order valence-electron chi connectivity index (χ1n) is 9.92. The molecular weight excluding hydrogens is 388 g/mol. The van der Waals surface area contributed by atoms with Gasteiger partial charge >= 0.3 is 11.9 Å². The molecule has 1 aliphatic rings. The highest BCUT2D eigenvalue weighted by Crippen LogP contribution is 2.33. The molecule has 0 radical (unpaired) electrons. The minimum Gasteiger partial charge on any atom is -0.478 e. The van der Waals surface area contributed by atoms with E-state index < -0.39 is 11.9 Å². The molecule has 0 aliphatic carbocycles. The van der Waals surface area contributed by atoms with Crippen LogP contribution in [0, 0.1) is 0 Å². The molecule has 2 N–H and O–H groups in total. The highest BCUT2D eigenvalue weighted by Gasteiger charge is 2.25. The SMILES string of the molecule is CCCCc1ncc(/C=C(\C(=O)O)C2CCCS2)n1Cc1ccc(C(=O)O)cc1. The topological polar surface area (TPSA) is 92.4 Å². The van der Waals surface area contributed by atoms with Crippen molar-refractivity contribution >= 4 is 29.8 Å². The van der Waals surface area contributed by atoms with Crippen LogP contribution in [0.25, 0.3) is 6.08 Å². The zero-order valence-corrected chi connectivity index (χ0v) is 17.3. The lowest BCUT2D eigenvalue weighted by Crippen LogP contribution is -2.13. The molecule has 1 atom stereocenters. The number of nitrogens with zero attached hydrogens (tertiary/aromatic N) is 2. The van der Waals surface area contributed by atoms with Crippen LogP contribution in [0.3, 0.4) is 0 Å². The Morgan fingerprint density at radius 2 is 2.03 bits per heavy atom. The van der Waals surface area contributed by atoms with Crippen molar-refractivity contribution in [3.63, 3.8) is 0 Å². The molecule has 1 saturated heterocycles. The summed E-state index contributed by atoms with van der Waals surface area (Å²) < 4.78 is 2.05. The van der Waals surface area contributed by atoms with Gasteiger partial charge in [0.15, 0.2) is 0 Å². The van der Waals surface area contributed by atoms with Gasteiger partial charge in [-0.15, -0.1) is 0 Å². The summed E-state index contributed by atoms with van der Waals surface area (Å²) in [6.45, 7) is 2.65. The lowest BCUT2D eigenvalue weighted by Gasteiger charge is -2.13. The Hall–Kier alpha value is -2.54. The number of hydrogen-bond acceptors (Lipinski definition) is 4. The molecule has 154 valence electrons. The number of benzene rings is 1. The summed E-state index contributed by atoms with van der Waals surface area (Å²) in [5.74, 6) is 0.0839. The number of thioether (sulfide) groups is 1. The van der Waals surface area contributed by atoms with E-state index >= 15 is 0 Å². The van der Waals surface area contributed by atoms with Gasteiger partial charge in [0, 0.05) is 18.2 Å². The number of hydrogen-bond donors (Lipinski definition) is 2. The second kappa shape index (κ2) is 9.78. The van der Waals surface area contributed by atoms with E-state index in [9.17, 15) is 14.7 Å². The largest absolute Gasteiger partial charge is 0.478 e. The normalized spacial score (nSPS) is 16.9. The number of imidazole rings is 1. The standard InChI is InChI=1S/C22H26N2O4S/c1-2-3-6-20-23-13-17(12-18(22(27)28)19-5-4-11-29-19)24(20)14-15-7-9-16(10-8-15)21(25)26/h7-10,12-13,19H,2-6,11,14H2,1H3,(H,25,26)(H,27,28)/b18-12-. The zero-order valence-electron chi connectivity index (χ0n) is 16.5. The Morgan fingerprint density at radius 3 is 2.62 bits per heavy atom. The van der Waals surface area contributed by atoms with Crippen LogP contribution in [0.5, 0.6) is 0 Å². The predicted octanol–water partition coefficient (Wildman–Crippen LogP) is 4.34. The molecule has 0 spiro atoms. The van der Waals surface area contributed by atoms with Gasteiger partial charge in [-0.1, -0.05) is 25.5 Å². The van der Waals surface area contributed by atoms with E-state index in [2.05, 4.69) is 11.9 Å². The van der Waals surface area contributed by atoms with E-state index in [0.717, 1.165) is 54.9 Å². The number of aromatic carboxylic acids is 1. The van der Waals surface area contributed by atoms with Crippen molar-refractivity contribution in [1.29, 1.82) is 0 Å². The summed E-state index contributed by atoms with van der Waals surface area (Å²) in [6, 6.07) is 6.78. The Bertz CT molecular complexity index is 896. The molecule has 3 rings (SSSR count). The maximum atomic E-state index is 11.9. The highest BCUT2D eigenvalue weighted by molar-refractivity contribution is 8.00. The van der Waals surface area contributed by atoms with E-state index in [0.29, 0.717) is 12.1 Å². The second-order valence-corrected chi connectivity index (χ2v) is 8.51. The van der Waals surface area contributed by atoms with Gasteiger partial charge in [0.25, 0.3) is 0 Å². The molecule has 6 nitrogen and oxygen atoms in total. The average Bonchev–Trinajstić information content (AvgIpc) is 3.35. The van der Waals surface area contributed by atoms with Crippen LogP contribution in [0.4, 0.5) is 0 Å². The van der Waals surface area contributed by atoms with Crippen LogP contribution in [0.2, 0.25) is 0 Å². The third-order valence-corrected chi connectivity index (χ3v) is 6.51. The second-order valence-electron chi connectivity index (χ2n) is 7.20.